The number of nitrogens with one attached hydrogen (secondary N) is 1. The van der Waals surface area contributed by atoms with Crippen molar-refractivity contribution in [3.05, 3.63) is 17.8 Å². The Hall–Kier alpha value is -2.18. The van der Waals surface area contributed by atoms with Gasteiger partial charge in [0.1, 0.15) is 6.10 Å². The van der Waals surface area contributed by atoms with Gasteiger partial charge in [-0.25, -0.2) is 9.59 Å². The minimum atomic E-state index is -0.638. The van der Waals surface area contributed by atoms with E-state index in [2.05, 4.69) is 20.3 Å². The Labute approximate surface area is 104 Å². The molecule has 7 nitrogen and oxygen atoms in total. The van der Waals surface area contributed by atoms with E-state index in [1.54, 1.807) is 6.92 Å². The van der Waals surface area contributed by atoms with Crippen molar-refractivity contribution in [2.75, 3.05) is 12.4 Å². The number of carbonyl (C=O) groups excluding carboxylic acids is 2. The summed E-state index contributed by atoms with van der Waals surface area (Å²) in [4.78, 5) is 22.7. The van der Waals surface area contributed by atoms with Gasteiger partial charge >= 0.3 is 12.1 Å². The lowest BCUT2D eigenvalue weighted by molar-refractivity contribution is 0.0600. The average molecular weight is 253 g/mol. The summed E-state index contributed by atoms with van der Waals surface area (Å²) >= 11 is 0. The van der Waals surface area contributed by atoms with Gasteiger partial charge < -0.3 is 9.47 Å². The SMILES string of the molecule is CCC(C)OC(=O)Nc1cc(C(=O)OC)cnn1. The zero-order valence-electron chi connectivity index (χ0n) is 10.5. The van der Waals surface area contributed by atoms with Crippen molar-refractivity contribution in [3.8, 4) is 0 Å². The maximum atomic E-state index is 11.4. The molecule has 0 fully saturated rings. The van der Waals surface area contributed by atoms with Crippen molar-refractivity contribution < 1.29 is 19.1 Å². The van der Waals surface area contributed by atoms with E-state index in [1.807, 2.05) is 6.92 Å². The molecule has 1 N–H and O–H groups in total. The molecule has 0 aromatic carbocycles. The Bertz CT molecular complexity index is 436. The molecule has 1 rings (SSSR count). The molecule has 1 aromatic rings. The number of esters is 1. The van der Waals surface area contributed by atoms with Gasteiger partial charge in [-0.2, -0.15) is 5.10 Å². The van der Waals surface area contributed by atoms with Gasteiger partial charge in [0.05, 0.1) is 18.9 Å². The first-order chi connectivity index (χ1) is 8.56. The summed E-state index contributed by atoms with van der Waals surface area (Å²) in [6, 6.07) is 1.36. The Kier molecular flexibility index (Phi) is 5.04. The van der Waals surface area contributed by atoms with Crippen molar-refractivity contribution >= 4 is 17.9 Å². The van der Waals surface area contributed by atoms with Crippen LogP contribution >= 0.6 is 0 Å². The number of methoxy groups -OCH3 is 1. The van der Waals surface area contributed by atoms with Crippen LogP contribution in [0.5, 0.6) is 0 Å². The largest absolute Gasteiger partial charge is 0.465 e. The third kappa shape index (κ3) is 4.00. The highest BCUT2D eigenvalue weighted by molar-refractivity contribution is 5.91. The molecule has 0 bridgehead atoms. The molecule has 0 spiro atoms. The minimum Gasteiger partial charge on any atom is -0.465 e. The van der Waals surface area contributed by atoms with E-state index in [4.69, 9.17) is 4.74 Å². The number of anilines is 1. The van der Waals surface area contributed by atoms with Crippen molar-refractivity contribution in [3.63, 3.8) is 0 Å². The summed E-state index contributed by atoms with van der Waals surface area (Å²) in [7, 11) is 1.26. The van der Waals surface area contributed by atoms with Gasteiger partial charge in [-0.1, -0.05) is 6.92 Å². The standard InChI is InChI=1S/C11H15N3O4/c1-4-7(2)18-11(16)13-9-5-8(6-12-14-9)10(15)17-3/h5-7H,4H2,1-3H3,(H,13,14,16). The molecular weight excluding hydrogens is 238 g/mol. The number of nitrogens with zero attached hydrogens (tertiary/aromatic N) is 2. The molecule has 7 heteroatoms. The van der Waals surface area contributed by atoms with Gasteiger partial charge in [-0.05, 0) is 19.4 Å². The van der Waals surface area contributed by atoms with Crippen LogP contribution in [0.1, 0.15) is 30.6 Å². The fourth-order valence-corrected chi connectivity index (χ4v) is 1.06. The molecule has 0 saturated carbocycles. The summed E-state index contributed by atoms with van der Waals surface area (Å²) in [6.45, 7) is 3.67. The van der Waals surface area contributed by atoms with E-state index in [0.29, 0.717) is 6.42 Å². The minimum absolute atomic E-state index is 0.131. The van der Waals surface area contributed by atoms with E-state index < -0.39 is 12.1 Å². The fraction of sp³-hybridized carbons (Fsp3) is 0.455. The van der Waals surface area contributed by atoms with Gasteiger partial charge in [0.15, 0.2) is 5.82 Å². The predicted octanol–water partition coefficient (Wildman–Crippen LogP) is 1.61. The van der Waals surface area contributed by atoms with E-state index in [0.717, 1.165) is 0 Å². The highest BCUT2D eigenvalue weighted by Gasteiger charge is 2.11. The molecule has 1 atom stereocenters. The van der Waals surface area contributed by atoms with E-state index in [-0.39, 0.29) is 17.5 Å². The van der Waals surface area contributed by atoms with Gasteiger partial charge in [0.2, 0.25) is 0 Å². The zero-order valence-corrected chi connectivity index (χ0v) is 10.5. The van der Waals surface area contributed by atoms with Crippen LogP contribution in [0.15, 0.2) is 12.3 Å². The van der Waals surface area contributed by atoms with Crippen molar-refractivity contribution in [2.24, 2.45) is 0 Å². The fourth-order valence-electron chi connectivity index (χ4n) is 1.06. The van der Waals surface area contributed by atoms with Crippen LogP contribution in [0.2, 0.25) is 0 Å². The Morgan fingerprint density at radius 2 is 2.22 bits per heavy atom. The van der Waals surface area contributed by atoms with E-state index in [1.165, 1.54) is 19.4 Å². The molecule has 1 unspecified atom stereocenters. The summed E-state index contributed by atoms with van der Waals surface area (Å²) in [5, 5.41) is 9.63. The molecule has 0 aliphatic carbocycles. The maximum Gasteiger partial charge on any atom is 0.413 e. The molecule has 0 radical (unpaired) electrons. The zero-order chi connectivity index (χ0) is 13.5. The maximum absolute atomic E-state index is 11.4. The topological polar surface area (TPSA) is 90.4 Å². The van der Waals surface area contributed by atoms with Crippen molar-refractivity contribution in [1.82, 2.24) is 10.2 Å². The molecule has 1 heterocycles. The van der Waals surface area contributed by atoms with Crippen LogP contribution in [0, 0.1) is 0 Å². The number of rotatable bonds is 4. The first kappa shape index (κ1) is 13.9. The Morgan fingerprint density at radius 1 is 1.50 bits per heavy atom. The van der Waals surface area contributed by atoms with Gasteiger partial charge in [0.25, 0.3) is 0 Å². The molecule has 1 amide bonds. The number of amides is 1. The van der Waals surface area contributed by atoms with Crippen LogP contribution < -0.4 is 5.32 Å². The molecule has 18 heavy (non-hydrogen) atoms. The second kappa shape index (κ2) is 6.53. The van der Waals surface area contributed by atoms with Gasteiger partial charge in [-0.15, -0.1) is 5.10 Å². The molecule has 0 aliphatic heterocycles. The number of hydrogen-bond acceptors (Lipinski definition) is 6. The lowest BCUT2D eigenvalue weighted by Crippen LogP contribution is -2.20. The second-order valence-corrected chi connectivity index (χ2v) is 3.57. The van der Waals surface area contributed by atoms with E-state index in [9.17, 15) is 9.59 Å². The highest BCUT2D eigenvalue weighted by atomic mass is 16.6. The number of aromatic nitrogens is 2. The molecule has 0 aliphatic rings. The molecule has 0 saturated heterocycles. The number of ether oxygens (including phenoxy) is 2. The quantitative estimate of drug-likeness (QED) is 0.820. The van der Waals surface area contributed by atoms with Crippen LogP contribution in [0.3, 0.4) is 0 Å². The highest BCUT2D eigenvalue weighted by Crippen LogP contribution is 2.07. The van der Waals surface area contributed by atoms with Crippen LogP contribution in [-0.4, -0.2) is 35.5 Å². The second-order valence-electron chi connectivity index (χ2n) is 3.57. The Morgan fingerprint density at radius 3 is 2.83 bits per heavy atom. The third-order valence-electron chi connectivity index (χ3n) is 2.19. The summed E-state index contributed by atoms with van der Waals surface area (Å²) in [5.74, 6) is -0.422. The lowest BCUT2D eigenvalue weighted by atomic mass is 10.3. The molecule has 98 valence electrons. The van der Waals surface area contributed by atoms with Crippen LogP contribution in [0.25, 0.3) is 0 Å². The first-order valence-electron chi connectivity index (χ1n) is 5.45. The Balaban J connectivity index is 2.67. The summed E-state index contributed by atoms with van der Waals surface area (Å²) in [5.41, 5.74) is 0.200. The van der Waals surface area contributed by atoms with E-state index >= 15 is 0 Å². The van der Waals surface area contributed by atoms with Crippen molar-refractivity contribution in [1.29, 1.82) is 0 Å². The van der Waals surface area contributed by atoms with Crippen LogP contribution in [-0.2, 0) is 9.47 Å². The third-order valence-corrected chi connectivity index (χ3v) is 2.19. The summed E-state index contributed by atoms with van der Waals surface area (Å²) < 4.78 is 9.52. The van der Waals surface area contributed by atoms with Gasteiger partial charge in [-0.3, -0.25) is 5.32 Å². The van der Waals surface area contributed by atoms with Crippen LogP contribution in [0.4, 0.5) is 10.6 Å². The first-order valence-corrected chi connectivity index (χ1v) is 5.45. The molecular formula is C11H15N3O4. The lowest BCUT2D eigenvalue weighted by Gasteiger charge is -2.11. The molecule has 1 aromatic heterocycles. The average Bonchev–Trinajstić information content (AvgIpc) is 2.37. The number of carbonyl (C=O) groups is 2. The van der Waals surface area contributed by atoms with Crippen molar-refractivity contribution in [2.45, 2.75) is 26.4 Å². The number of hydrogen-bond donors (Lipinski definition) is 1. The summed E-state index contributed by atoms with van der Waals surface area (Å²) in [6.07, 6.45) is 1.13. The monoisotopic (exact) mass is 253 g/mol. The smallest absolute Gasteiger partial charge is 0.413 e. The normalized spacial score (nSPS) is 11.5. The predicted molar refractivity (Wildman–Crippen MR) is 63.2 cm³/mol. The van der Waals surface area contributed by atoms with Gasteiger partial charge in [0, 0.05) is 0 Å².